The van der Waals surface area contributed by atoms with Crippen molar-refractivity contribution in [2.24, 2.45) is 5.41 Å². The fourth-order valence-electron chi connectivity index (χ4n) is 1.89. The minimum Gasteiger partial charge on any atom is -0.493 e. The van der Waals surface area contributed by atoms with Gasteiger partial charge in [-0.15, -0.1) is 0 Å². The largest absolute Gasteiger partial charge is 0.493 e. The Morgan fingerprint density at radius 2 is 2.28 bits per heavy atom. The first-order valence-electron chi connectivity index (χ1n) is 6.04. The van der Waals surface area contributed by atoms with Crippen LogP contribution < -0.4 is 4.74 Å². The summed E-state index contributed by atoms with van der Waals surface area (Å²) in [6, 6.07) is 6.61. The van der Waals surface area contributed by atoms with Gasteiger partial charge in [0.15, 0.2) is 0 Å². The fraction of sp³-hybridized carbons (Fsp3) is 0.500. The number of aliphatic hydroxyl groups is 1. The zero-order valence-corrected chi connectivity index (χ0v) is 10.3. The Kier molecular flexibility index (Phi) is 3.53. The number of ether oxygens (including phenoxy) is 1. The third-order valence-corrected chi connectivity index (χ3v) is 3.38. The molecule has 0 aromatic heterocycles. The number of hydrogen-bond acceptors (Lipinski definition) is 3. The summed E-state index contributed by atoms with van der Waals surface area (Å²) in [6.07, 6.45) is 1.65. The minimum absolute atomic E-state index is 0.0197. The molecule has 1 aromatic rings. The molecule has 2 rings (SSSR count). The van der Waals surface area contributed by atoms with E-state index < -0.39 is 11.9 Å². The van der Waals surface area contributed by atoms with Gasteiger partial charge < -0.3 is 9.84 Å². The molecule has 1 saturated carbocycles. The predicted molar refractivity (Wildman–Crippen MR) is 64.4 cm³/mol. The molecular weight excluding hydrogens is 233 g/mol. The summed E-state index contributed by atoms with van der Waals surface area (Å²) < 4.78 is 19.1. The van der Waals surface area contributed by atoms with Crippen LogP contribution in [0.2, 0.25) is 0 Å². The van der Waals surface area contributed by atoms with Crippen molar-refractivity contribution < 1.29 is 14.2 Å². The maximum absolute atomic E-state index is 13.6. The van der Waals surface area contributed by atoms with Gasteiger partial charge in [0.05, 0.1) is 18.8 Å². The van der Waals surface area contributed by atoms with Crippen molar-refractivity contribution in [2.75, 3.05) is 6.61 Å². The molecule has 18 heavy (non-hydrogen) atoms. The van der Waals surface area contributed by atoms with E-state index in [0.717, 1.165) is 12.8 Å². The van der Waals surface area contributed by atoms with Crippen LogP contribution in [0.1, 0.15) is 37.9 Å². The Bertz CT molecular complexity index is 475. The molecule has 0 spiro atoms. The molecule has 1 aromatic carbocycles. The summed E-state index contributed by atoms with van der Waals surface area (Å²) >= 11 is 0. The average Bonchev–Trinajstić information content (AvgIpc) is 3.07. The van der Waals surface area contributed by atoms with Gasteiger partial charge in [0, 0.05) is 23.5 Å². The average molecular weight is 249 g/mol. The summed E-state index contributed by atoms with van der Waals surface area (Å²) in [4.78, 5) is 0. The summed E-state index contributed by atoms with van der Waals surface area (Å²) in [5, 5.41) is 18.0. The maximum Gasteiger partial charge on any atom is 0.132 e. The van der Waals surface area contributed by atoms with Gasteiger partial charge in [-0.1, -0.05) is 0 Å². The Morgan fingerprint density at radius 1 is 1.56 bits per heavy atom. The zero-order chi connectivity index (χ0) is 13.2. The molecule has 3 nitrogen and oxygen atoms in total. The summed E-state index contributed by atoms with van der Waals surface area (Å²) in [7, 11) is 0. The van der Waals surface area contributed by atoms with Crippen molar-refractivity contribution in [1.29, 1.82) is 5.26 Å². The van der Waals surface area contributed by atoms with Crippen LogP contribution in [0.5, 0.6) is 5.75 Å². The molecule has 1 fully saturated rings. The molecule has 0 unspecified atom stereocenters. The standard InChI is InChI=1S/C14H16FNO2/c1-10(17)12-3-2-11(8-13(12)15)18-9-14(4-5-14)6-7-16/h2-3,8,10,17H,4-6,9H2,1H3/t10-/m1/s1. The highest BCUT2D eigenvalue weighted by Crippen LogP contribution is 2.48. The Hall–Kier alpha value is -1.60. The summed E-state index contributed by atoms with van der Waals surface area (Å²) in [5.74, 6) is -0.0197. The van der Waals surface area contributed by atoms with Crippen LogP contribution in [-0.2, 0) is 0 Å². The number of hydrogen-bond donors (Lipinski definition) is 1. The highest BCUT2D eigenvalue weighted by Gasteiger charge is 2.43. The van der Waals surface area contributed by atoms with Crippen molar-refractivity contribution >= 4 is 0 Å². The highest BCUT2D eigenvalue weighted by molar-refractivity contribution is 5.30. The normalized spacial score (nSPS) is 17.9. The minimum atomic E-state index is -0.826. The van der Waals surface area contributed by atoms with E-state index in [4.69, 9.17) is 10.00 Å². The van der Waals surface area contributed by atoms with E-state index in [1.54, 1.807) is 6.07 Å². The molecule has 0 saturated heterocycles. The monoisotopic (exact) mass is 249 g/mol. The van der Waals surface area contributed by atoms with Crippen molar-refractivity contribution in [2.45, 2.75) is 32.3 Å². The van der Waals surface area contributed by atoms with E-state index in [2.05, 4.69) is 6.07 Å². The Morgan fingerprint density at radius 3 is 2.78 bits per heavy atom. The van der Waals surface area contributed by atoms with E-state index in [1.165, 1.54) is 19.1 Å². The molecule has 0 radical (unpaired) electrons. The van der Waals surface area contributed by atoms with Crippen molar-refractivity contribution in [3.63, 3.8) is 0 Å². The van der Waals surface area contributed by atoms with Gasteiger partial charge >= 0.3 is 0 Å². The molecule has 1 aliphatic rings. The van der Waals surface area contributed by atoms with Crippen molar-refractivity contribution in [3.8, 4) is 11.8 Å². The molecule has 1 aliphatic carbocycles. The topological polar surface area (TPSA) is 53.2 Å². The summed E-state index contributed by atoms with van der Waals surface area (Å²) in [6.45, 7) is 1.97. The lowest BCUT2D eigenvalue weighted by molar-refractivity contribution is 0.193. The van der Waals surface area contributed by atoms with Gasteiger partial charge in [0.25, 0.3) is 0 Å². The zero-order valence-electron chi connectivity index (χ0n) is 10.3. The second kappa shape index (κ2) is 4.95. The molecule has 1 N–H and O–H groups in total. The van der Waals surface area contributed by atoms with E-state index in [1.807, 2.05) is 0 Å². The molecule has 96 valence electrons. The van der Waals surface area contributed by atoms with Crippen LogP contribution in [0.4, 0.5) is 4.39 Å². The van der Waals surface area contributed by atoms with E-state index in [0.29, 0.717) is 18.8 Å². The maximum atomic E-state index is 13.6. The number of nitrogens with zero attached hydrogens (tertiary/aromatic N) is 1. The molecule has 0 bridgehead atoms. The molecular formula is C14H16FNO2. The molecule has 4 heteroatoms. The van der Waals surface area contributed by atoms with Crippen LogP contribution in [0, 0.1) is 22.6 Å². The van der Waals surface area contributed by atoms with Gasteiger partial charge in [0.2, 0.25) is 0 Å². The number of nitriles is 1. The van der Waals surface area contributed by atoms with Gasteiger partial charge in [-0.2, -0.15) is 5.26 Å². The van der Waals surface area contributed by atoms with E-state index >= 15 is 0 Å². The smallest absolute Gasteiger partial charge is 0.132 e. The third kappa shape index (κ3) is 2.80. The predicted octanol–water partition coefficient (Wildman–Crippen LogP) is 2.95. The number of aliphatic hydroxyl groups excluding tert-OH is 1. The summed E-state index contributed by atoms with van der Waals surface area (Å²) in [5.41, 5.74) is 0.245. The Balaban J connectivity index is 1.99. The SMILES string of the molecule is C[C@@H](O)c1ccc(OCC2(CC#N)CC2)cc1F. The lowest BCUT2D eigenvalue weighted by Gasteiger charge is -2.14. The van der Waals surface area contributed by atoms with Gasteiger partial charge in [-0.05, 0) is 31.9 Å². The lowest BCUT2D eigenvalue weighted by atomic mass is 10.1. The highest BCUT2D eigenvalue weighted by atomic mass is 19.1. The van der Waals surface area contributed by atoms with Gasteiger partial charge in [0.1, 0.15) is 11.6 Å². The molecule has 0 amide bonds. The van der Waals surface area contributed by atoms with Gasteiger partial charge in [-0.25, -0.2) is 4.39 Å². The van der Waals surface area contributed by atoms with E-state index in [-0.39, 0.29) is 11.0 Å². The number of benzene rings is 1. The van der Waals surface area contributed by atoms with Crippen LogP contribution in [-0.4, -0.2) is 11.7 Å². The lowest BCUT2D eigenvalue weighted by Crippen LogP contribution is -2.12. The van der Waals surface area contributed by atoms with E-state index in [9.17, 15) is 9.50 Å². The Labute approximate surface area is 106 Å². The van der Waals surface area contributed by atoms with Crippen LogP contribution >= 0.6 is 0 Å². The molecule has 0 aliphatic heterocycles. The van der Waals surface area contributed by atoms with Crippen LogP contribution in [0.15, 0.2) is 18.2 Å². The first-order chi connectivity index (χ1) is 8.56. The van der Waals surface area contributed by atoms with Crippen LogP contribution in [0.3, 0.4) is 0 Å². The second-order valence-electron chi connectivity index (χ2n) is 4.98. The molecule has 0 heterocycles. The first-order valence-corrected chi connectivity index (χ1v) is 6.04. The third-order valence-electron chi connectivity index (χ3n) is 3.38. The number of halogens is 1. The fourth-order valence-corrected chi connectivity index (χ4v) is 1.89. The van der Waals surface area contributed by atoms with Crippen molar-refractivity contribution in [1.82, 2.24) is 0 Å². The second-order valence-corrected chi connectivity index (χ2v) is 4.98. The van der Waals surface area contributed by atoms with Gasteiger partial charge in [-0.3, -0.25) is 0 Å². The van der Waals surface area contributed by atoms with Crippen LogP contribution in [0.25, 0.3) is 0 Å². The van der Waals surface area contributed by atoms with Crippen molar-refractivity contribution in [3.05, 3.63) is 29.6 Å². The number of rotatable bonds is 5. The quantitative estimate of drug-likeness (QED) is 0.872. The first kappa shape index (κ1) is 12.8. The molecule has 1 atom stereocenters.